The minimum Gasteiger partial charge on any atom is -0.328 e. The first-order chi connectivity index (χ1) is 8.81. The van der Waals surface area contributed by atoms with Crippen LogP contribution in [0.1, 0.15) is 17.5 Å². The van der Waals surface area contributed by atoms with Gasteiger partial charge in [-0.1, -0.05) is 6.07 Å². The summed E-state index contributed by atoms with van der Waals surface area (Å²) in [5.41, 5.74) is 3.68. The second kappa shape index (κ2) is 4.64. The minimum atomic E-state index is -0.0223. The van der Waals surface area contributed by atoms with Crippen molar-refractivity contribution in [2.45, 2.75) is 25.8 Å². The zero-order valence-electron chi connectivity index (χ0n) is 10.1. The van der Waals surface area contributed by atoms with Gasteiger partial charge in [0.05, 0.1) is 6.33 Å². The number of hydrogen-bond donors (Lipinski definition) is 1. The number of fused-ring (bicyclic) bond motifs is 1. The number of carbonyl (C=O) groups is 1. The Hall–Kier alpha value is -2.10. The smallest absolute Gasteiger partial charge is 0.244 e. The highest BCUT2D eigenvalue weighted by Crippen LogP contribution is 2.24. The molecule has 0 fully saturated rings. The summed E-state index contributed by atoms with van der Waals surface area (Å²) < 4.78 is 1.75. The second-order valence-electron chi connectivity index (χ2n) is 4.62. The Morgan fingerprint density at radius 1 is 1.33 bits per heavy atom. The first-order valence-corrected chi connectivity index (χ1v) is 6.19. The van der Waals surface area contributed by atoms with Crippen LogP contribution in [0.5, 0.6) is 0 Å². The predicted molar refractivity (Wildman–Crippen MR) is 69.3 cm³/mol. The van der Waals surface area contributed by atoms with Crippen LogP contribution in [0.15, 0.2) is 36.9 Å². The van der Waals surface area contributed by atoms with Crippen molar-refractivity contribution in [3.63, 3.8) is 0 Å². The van der Waals surface area contributed by atoms with Gasteiger partial charge in [0.2, 0.25) is 5.91 Å². The third-order valence-corrected chi connectivity index (χ3v) is 3.27. The molecule has 0 bridgehead atoms. The molecular weight excluding hydrogens is 226 g/mol. The van der Waals surface area contributed by atoms with Crippen LogP contribution in [0.4, 0.5) is 5.69 Å². The van der Waals surface area contributed by atoms with Gasteiger partial charge in [-0.2, -0.15) is 0 Å². The lowest BCUT2D eigenvalue weighted by atomic mass is 10.1. The maximum Gasteiger partial charge on any atom is 0.244 e. The van der Waals surface area contributed by atoms with E-state index in [4.69, 9.17) is 0 Å². The lowest BCUT2D eigenvalue weighted by Crippen LogP contribution is -2.17. The Kier molecular flexibility index (Phi) is 2.84. The molecule has 4 heteroatoms. The number of benzene rings is 1. The SMILES string of the molecule is O=C(Cn1ccnc1)Nc1ccc2c(c1)CCC2. The normalized spacial score (nSPS) is 13.3. The van der Waals surface area contributed by atoms with Gasteiger partial charge in [0.15, 0.2) is 0 Å². The van der Waals surface area contributed by atoms with Crippen molar-refractivity contribution in [3.05, 3.63) is 48.0 Å². The van der Waals surface area contributed by atoms with E-state index in [0.29, 0.717) is 6.54 Å². The molecule has 1 aliphatic rings. The highest BCUT2D eigenvalue weighted by Gasteiger charge is 2.11. The number of anilines is 1. The van der Waals surface area contributed by atoms with Crippen LogP contribution in [0.3, 0.4) is 0 Å². The Balaban J connectivity index is 1.67. The molecule has 1 heterocycles. The quantitative estimate of drug-likeness (QED) is 0.893. The largest absolute Gasteiger partial charge is 0.328 e. The van der Waals surface area contributed by atoms with Gasteiger partial charge in [-0.05, 0) is 42.5 Å². The Bertz CT molecular complexity index is 560. The average Bonchev–Trinajstić information content (AvgIpc) is 2.98. The first-order valence-electron chi connectivity index (χ1n) is 6.19. The van der Waals surface area contributed by atoms with E-state index in [2.05, 4.69) is 22.4 Å². The van der Waals surface area contributed by atoms with Crippen LogP contribution in [0.25, 0.3) is 0 Å². The number of aromatic nitrogens is 2. The van der Waals surface area contributed by atoms with Gasteiger partial charge >= 0.3 is 0 Å². The molecular formula is C14H15N3O. The van der Waals surface area contributed by atoms with E-state index in [-0.39, 0.29) is 5.91 Å². The highest BCUT2D eigenvalue weighted by molar-refractivity contribution is 5.90. The summed E-state index contributed by atoms with van der Waals surface area (Å²) in [7, 11) is 0. The van der Waals surface area contributed by atoms with Crippen molar-refractivity contribution in [2.75, 3.05) is 5.32 Å². The number of amides is 1. The fourth-order valence-corrected chi connectivity index (χ4v) is 2.40. The summed E-state index contributed by atoms with van der Waals surface area (Å²) in [6.45, 7) is 0.303. The van der Waals surface area contributed by atoms with Crippen LogP contribution in [0, 0.1) is 0 Å². The zero-order chi connectivity index (χ0) is 12.4. The molecule has 1 N–H and O–H groups in total. The monoisotopic (exact) mass is 241 g/mol. The number of hydrogen-bond acceptors (Lipinski definition) is 2. The van der Waals surface area contributed by atoms with Gasteiger partial charge in [0.1, 0.15) is 6.54 Å². The summed E-state index contributed by atoms with van der Waals surface area (Å²) in [4.78, 5) is 15.7. The Labute approximate surface area is 106 Å². The van der Waals surface area contributed by atoms with Crippen molar-refractivity contribution in [3.8, 4) is 0 Å². The maximum absolute atomic E-state index is 11.8. The third kappa shape index (κ3) is 2.27. The number of rotatable bonds is 3. The molecule has 92 valence electrons. The molecule has 4 nitrogen and oxygen atoms in total. The van der Waals surface area contributed by atoms with Gasteiger partial charge in [-0.3, -0.25) is 4.79 Å². The molecule has 0 spiro atoms. The molecule has 0 saturated carbocycles. The molecule has 0 saturated heterocycles. The molecule has 0 unspecified atom stereocenters. The van der Waals surface area contributed by atoms with Gasteiger partial charge in [-0.15, -0.1) is 0 Å². The Morgan fingerprint density at radius 3 is 3.06 bits per heavy atom. The summed E-state index contributed by atoms with van der Waals surface area (Å²) >= 11 is 0. The van der Waals surface area contributed by atoms with Crippen molar-refractivity contribution in [1.29, 1.82) is 0 Å². The van der Waals surface area contributed by atoms with Gasteiger partial charge in [-0.25, -0.2) is 4.98 Å². The molecule has 0 aliphatic heterocycles. The molecule has 1 aromatic carbocycles. The van der Waals surface area contributed by atoms with E-state index >= 15 is 0 Å². The first kappa shape index (κ1) is 11.0. The van der Waals surface area contributed by atoms with Gasteiger partial charge in [0.25, 0.3) is 0 Å². The van der Waals surface area contributed by atoms with Crippen LogP contribution in [0.2, 0.25) is 0 Å². The summed E-state index contributed by atoms with van der Waals surface area (Å²) in [6.07, 6.45) is 8.61. The molecule has 1 amide bonds. The van der Waals surface area contributed by atoms with Gasteiger partial charge < -0.3 is 9.88 Å². The number of carbonyl (C=O) groups excluding carboxylic acids is 1. The lowest BCUT2D eigenvalue weighted by Gasteiger charge is -2.07. The van der Waals surface area contributed by atoms with Crippen molar-refractivity contribution in [2.24, 2.45) is 0 Å². The summed E-state index contributed by atoms with van der Waals surface area (Å²) in [5.74, 6) is -0.0223. The molecule has 1 aromatic heterocycles. The topological polar surface area (TPSA) is 46.9 Å². The summed E-state index contributed by atoms with van der Waals surface area (Å²) in [6, 6.07) is 6.19. The molecule has 3 rings (SSSR count). The maximum atomic E-state index is 11.8. The Morgan fingerprint density at radius 2 is 2.22 bits per heavy atom. The lowest BCUT2D eigenvalue weighted by molar-refractivity contribution is -0.116. The minimum absolute atomic E-state index is 0.0223. The highest BCUT2D eigenvalue weighted by atomic mass is 16.1. The van der Waals surface area contributed by atoms with E-state index in [1.807, 2.05) is 6.07 Å². The molecule has 0 atom stereocenters. The van der Waals surface area contributed by atoms with Gasteiger partial charge in [0, 0.05) is 18.1 Å². The van der Waals surface area contributed by atoms with Crippen molar-refractivity contribution < 1.29 is 4.79 Å². The number of nitrogens with one attached hydrogen (secondary N) is 1. The molecule has 2 aromatic rings. The standard InChI is InChI=1S/C14H15N3O/c18-14(9-17-7-6-15-10-17)16-13-5-4-11-2-1-3-12(11)8-13/h4-8,10H,1-3,9H2,(H,16,18). The average molecular weight is 241 g/mol. The predicted octanol–water partition coefficient (Wildman–Crippen LogP) is 2.01. The third-order valence-electron chi connectivity index (χ3n) is 3.27. The zero-order valence-corrected chi connectivity index (χ0v) is 10.1. The van der Waals surface area contributed by atoms with Crippen LogP contribution < -0.4 is 5.32 Å². The second-order valence-corrected chi connectivity index (χ2v) is 4.62. The number of nitrogens with zero attached hydrogens (tertiary/aromatic N) is 2. The van der Waals surface area contributed by atoms with Crippen LogP contribution in [-0.2, 0) is 24.2 Å². The van der Waals surface area contributed by atoms with E-state index < -0.39 is 0 Å². The molecule has 0 radical (unpaired) electrons. The number of aryl methyl sites for hydroxylation is 2. The molecule has 1 aliphatic carbocycles. The fraction of sp³-hybridized carbons (Fsp3) is 0.286. The van der Waals surface area contributed by atoms with E-state index in [1.165, 1.54) is 24.0 Å². The van der Waals surface area contributed by atoms with Crippen molar-refractivity contribution >= 4 is 11.6 Å². The van der Waals surface area contributed by atoms with E-state index in [1.54, 1.807) is 23.3 Å². The van der Waals surface area contributed by atoms with Crippen molar-refractivity contribution in [1.82, 2.24) is 9.55 Å². The molecule has 18 heavy (non-hydrogen) atoms. The fourth-order valence-electron chi connectivity index (χ4n) is 2.40. The summed E-state index contributed by atoms with van der Waals surface area (Å²) in [5, 5.41) is 2.92. The van der Waals surface area contributed by atoms with Crippen LogP contribution in [-0.4, -0.2) is 15.5 Å². The van der Waals surface area contributed by atoms with E-state index in [9.17, 15) is 4.79 Å². The van der Waals surface area contributed by atoms with E-state index in [0.717, 1.165) is 12.1 Å². The number of imidazole rings is 1. The van der Waals surface area contributed by atoms with Crippen LogP contribution >= 0.6 is 0 Å².